The highest BCUT2D eigenvalue weighted by Gasteiger charge is 2.07. The lowest BCUT2D eigenvalue weighted by Crippen LogP contribution is -2.24. The number of aromatic nitrogens is 1. The monoisotopic (exact) mass is 414 g/mol. The van der Waals surface area contributed by atoms with Crippen molar-refractivity contribution in [2.75, 3.05) is 26.2 Å². The Hall–Kier alpha value is -1.78. The molecule has 4 heteroatoms. The van der Waals surface area contributed by atoms with E-state index in [0.717, 1.165) is 48.6 Å². The van der Waals surface area contributed by atoms with Gasteiger partial charge in [-0.2, -0.15) is 0 Å². The Bertz CT molecular complexity index is 839. The summed E-state index contributed by atoms with van der Waals surface area (Å²) in [5.41, 5.74) is 2.33. The first-order valence-corrected chi connectivity index (χ1v) is 10.2. The summed E-state index contributed by atoms with van der Waals surface area (Å²) in [6.45, 7) is 8.62. The van der Waals surface area contributed by atoms with E-state index in [9.17, 15) is 0 Å². The predicted molar refractivity (Wildman–Crippen MR) is 113 cm³/mol. The lowest BCUT2D eigenvalue weighted by molar-refractivity contribution is 0.266. The fourth-order valence-corrected chi connectivity index (χ4v) is 3.71. The number of halogens is 1. The summed E-state index contributed by atoms with van der Waals surface area (Å²) in [4.78, 5) is 2.45. The van der Waals surface area contributed by atoms with Gasteiger partial charge in [0, 0.05) is 16.1 Å². The van der Waals surface area contributed by atoms with Crippen LogP contribution < -0.4 is 4.74 Å². The number of hydrogen-bond donors (Lipinski definition) is 0. The van der Waals surface area contributed by atoms with E-state index in [0.29, 0.717) is 0 Å². The minimum absolute atomic E-state index is 0.776. The van der Waals surface area contributed by atoms with Crippen LogP contribution in [0.2, 0.25) is 0 Å². The lowest BCUT2D eigenvalue weighted by atomic mass is 10.2. The molecule has 0 aliphatic heterocycles. The highest BCUT2D eigenvalue weighted by molar-refractivity contribution is 9.10. The second-order valence-corrected chi connectivity index (χ2v) is 7.29. The standard InChI is InChI=1S/C22H27BrN2O/c1-3-24(4-2)14-7-8-16-26-19-11-12-21-18(17-19)13-15-25(21)22-10-6-5-9-20(22)23/h5-6,9-13,15,17H,3-4,7-8,14,16H2,1-2H3. The van der Waals surface area contributed by atoms with E-state index in [1.54, 1.807) is 0 Å². The summed E-state index contributed by atoms with van der Waals surface area (Å²) >= 11 is 3.64. The predicted octanol–water partition coefficient (Wildman–Crippen LogP) is 5.89. The molecule has 0 spiro atoms. The second-order valence-electron chi connectivity index (χ2n) is 6.44. The topological polar surface area (TPSA) is 17.4 Å². The third kappa shape index (κ3) is 4.49. The zero-order valence-electron chi connectivity index (χ0n) is 15.6. The summed E-state index contributed by atoms with van der Waals surface area (Å²) in [5, 5.41) is 1.20. The molecule has 0 unspecified atom stereocenters. The van der Waals surface area contributed by atoms with Crippen LogP contribution >= 0.6 is 15.9 Å². The van der Waals surface area contributed by atoms with E-state index < -0.39 is 0 Å². The highest BCUT2D eigenvalue weighted by Crippen LogP contribution is 2.28. The molecule has 0 aliphatic rings. The summed E-state index contributed by atoms with van der Waals surface area (Å²) < 4.78 is 9.26. The van der Waals surface area contributed by atoms with Gasteiger partial charge in [-0.3, -0.25) is 0 Å². The second kappa shape index (κ2) is 9.24. The third-order valence-corrected chi connectivity index (χ3v) is 5.48. The Kier molecular flexibility index (Phi) is 6.75. The maximum atomic E-state index is 5.96. The minimum Gasteiger partial charge on any atom is -0.494 e. The molecule has 0 fully saturated rings. The van der Waals surface area contributed by atoms with E-state index in [1.807, 2.05) is 6.07 Å². The van der Waals surface area contributed by atoms with Crippen molar-refractivity contribution in [2.24, 2.45) is 0 Å². The molecule has 1 heterocycles. The molecule has 0 N–H and O–H groups in total. The molecule has 2 aromatic carbocycles. The zero-order valence-corrected chi connectivity index (χ0v) is 17.2. The van der Waals surface area contributed by atoms with Crippen molar-refractivity contribution in [3.63, 3.8) is 0 Å². The number of para-hydroxylation sites is 1. The first-order valence-electron chi connectivity index (χ1n) is 9.44. The summed E-state index contributed by atoms with van der Waals surface area (Å²) in [6.07, 6.45) is 4.38. The van der Waals surface area contributed by atoms with Crippen LogP contribution in [0.3, 0.4) is 0 Å². The maximum Gasteiger partial charge on any atom is 0.120 e. The number of ether oxygens (including phenoxy) is 1. The van der Waals surface area contributed by atoms with E-state index in [2.05, 4.69) is 87.9 Å². The Morgan fingerprint density at radius 3 is 2.58 bits per heavy atom. The molecule has 138 valence electrons. The Labute approximate surface area is 164 Å². The summed E-state index contributed by atoms with van der Waals surface area (Å²) in [6, 6.07) is 16.8. The average molecular weight is 415 g/mol. The first kappa shape index (κ1) is 19.0. The van der Waals surface area contributed by atoms with Gasteiger partial charge >= 0.3 is 0 Å². The third-order valence-electron chi connectivity index (χ3n) is 4.81. The molecular weight excluding hydrogens is 388 g/mol. The van der Waals surface area contributed by atoms with E-state index >= 15 is 0 Å². The molecule has 3 rings (SSSR count). The van der Waals surface area contributed by atoms with Crippen LogP contribution in [-0.4, -0.2) is 35.7 Å². The molecule has 1 aromatic heterocycles. The number of rotatable bonds is 9. The first-order chi connectivity index (χ1) is 12.7. The molecular formula is C22H27BrN2O. The van der Waals surface area contributed by atoms with Gasteiger partial charge in [0.05, 0.1) is 17.8 Å². The van der Waals surface area contributed by atoms with Gasteiger partial charge in [0.25, 0.3) is 0 Å². The van der Waals surface area contributed by atoms with E-state index in [4.69, 9.17) is 4.74 Å². The number of hydrogen-bond acceptors (Lipinski definition) is 2. The molecule has 3 nitrogen and oxygen atoms in total. The molecule has 0 saturated carbocycles. The summed E-state index contributed by atoms with van der Waals surface area (Å²) in [5.74, 6) is 0.949. The van der Waals surface area contributed by atoms with Crippen molar-refractivity contribution in [1.82, 2.24) is 9.47 Å². The molecule has 0 radical (unpaired) electrons. The minimum atomic E-state index is 0.776. The van der Waals surface area contributed by atoms with Gasteiger partial charge in [-0.25, -0.2) is 0 Å². The van der Waals surface area contributed by atoms with Gasteiger partial charge in [-0.1, -0.05) is 26.0 Å². The van der Waals surface area contributed by atoms with Crippen molar-refractivity contribution in [3.05, 3.63) is 59.2 Å². The molecule has 3 aromatic rings. The van der Waals surface area contributed by atoms with Crippen molar-refractivity contribution in [3.8, 4) is 11.4 Å². The van der Waals surface area contributed by atoms with Crippen LogP contribution in [0.5, 0.6) is 5.75 Å². The van der Waals surface area contributed by atoms with Crippen molar-refractivity contribution in [2.45, 2.75) is 26.7 Å². The van der Waals surface area contributed by atoms with Gasteiger partial charge in [0.2, 0.25) is 0 Å². The maximum absolute atomic E-state index is 5.96. The van der Waals surface area contributed by atoms with Gasteiger partial charge in [-0.05, 0) is 84.8 Å². The molecule has 0 aliphatic carbocycles. The Morgan fingerprint density at radius 2 is 1.81 bits per heavy atom. The zero-order chi connectivity index (χ0) is 18.4. The lowest BCUT2D eigenvalue weighted by Gasteiger charge is -2.17. The smallest absolute Gasteiger partial charge is 0.120 e. The van der Waals surface area contributed by atoms with Crippen LogP contribution in [0.25, 0.3) is 16.6 Å². The number of fused-ring (bicyclic) bond motifs is 1. The average Bonchev–Trinajstić information content (AvgIpc) is 3.08. The van der Waals surface area contributed by atoms with Crippen LogP contribution in [0.15, 0.2) is 59.2 Å². The number of benzene rings is 2. The highest BCUT2D eigenvalue weighted by atomic mass is 79.9. The SMILES string of the molecule is CCN(CC)CCCCOc1ccc2c(ccn2-c2ccccc2Br)c1. The molecule has 0 bridgehead atoms. The van der Waals surface area contributed by atoms with E-state index in [-0.39, 0.29) is 0 Å². The number of nitrogens with zero attached hydrogens (tertiary/aromatic N) is 2. The number of unbranched alkanes of at least 4 members (excludes halogenated alkanes) is 1. The van der Waals surface area contributed by atoms with Crippen molar-refractivity contribution in [1.29, 1.82) is 0 Å². The van der Waals surface area contributed by atoms with Crippen LogP contribution in [0.4, 0.5) is 0 Å². The van der Waals surface area contributed by atoms with Gasteiger partial charge in [0.1, 0.15) is 5.75 Å². The Morgan fingerprint density at radius 1 is 1.00 bits per heavy atom. The van der Waals surface area contributed by atoms with Crippen molar-refractivity contribution >= 4 is 26.8 Å². The van der Waals surface area contributed by atoms with Crippen LogP contribution in [-0.2, 0) is 0 Å². The normalized spacial score (nSPS) is 11.4. The largest absolute Gasteiger partial charge is 0.494 e. The molecule has 0 atom stereocenters. The van der Waals surface area contributed by atoms with Gasteiger partial charge in [-0.15, -0.1) is 0 Å². The fourth-order valence-electron chi connectivity index (χ4n) is 3.23. The van der Waals surface area contributed by atoms with Crippen LogP contribution in [0.1, 0.15) is 26.7 Å². The quantitative estimate of drug-likeness (QED) is 0.405. The summed E-state index contributed by atoms with van der Waals surface area (Å²) in [7, 11) is 0. The van der Waals surface area contributed by atoms with Gasteiger partial charge in [0.15, 0.2) is 0 Å². The molecule has 0 saturated heterocycles. The Balaban J connectivity index is 1.61. The fraction of sp³-hybridized carbons (Fsp3) is 0.364. The molecule has 0 amide bonds. The van der Waals surface area contributed by atoms with Crippen molar-refractivity contribution < 1.29 is 4.74 Å². The van der Waals surface area contributed by atoms with E-state index in [1.165, 1.54) is 17.3 Å². The molecule has 26 heavy (non-hydrogen) atoms. The van der Waals surface area contributed by atoms with Gasteiger partial charge < -0.3 is 14.2 Å². The van der Waals surface area contributed by atoms with Crippen LogP contribution in [0, 0.1) is 0 Å².